The Morgan fingerprint density at radius 3 is 2.52 bits per heavy atom. The molecule has 7 heteroatoms. The lowest BCUT2D eigenvalue weighted by atomic mass is 10.1. The minimum absolute atomic E-state index is 0.182. The number of thiol groups is 1. The van der Waals surface area contributed by atoms with Gasteiger partial charge in [-0.05, 0) is 34.6 Å². The fraction of sp³-hybridized carbons (Fsp3) is 0.0909. The van der Waals surface area contributed by atoms with Gasteiger partial charge in [0.15, 0.2) is 0 Å². The number of hydrogen-bond acceptors (Lipinski definition) is 6. The predicted octanol–water partition coefficient (Wildman–Crippen LogP) is 5.15. The van der Waals surface area contributed by atoms with Crippen LogP contribution >= 0.6 is 36.6 Å². The van der Waals surface area contributed by atoms with E-state index in [1.165, 1.54) is 16.7 Å². The molecule has 0 unspecified atom stereocenters. The van der Waals surface area contributed by atoms with Gasteiger partial charge in [-0.3, -0.25) is 9.69 Å². The van der Waals surface area contributed by atoms with E-state index < -0.39 is 0 Å². The smallest absolute Gasteiger partial charge is 0.300 e. The molecule has 144 valence electrons. The normalized spacial score (nSPS) is 18.5. The van der Waals surface area contributed by atoms with Gasteiger partial charge in [-0.2, -0.15) is 12.6 Å². The second-order valence-corrected chi connectivity index (χ2v) is 8.32. The number of carbonyl (C=O) groups excluding carboxylic acids is 1. The molecule has 2 heterocycles. The van der Waals surface area contributed by atoms with Crippen molar-refractivity contribution in [2.24, 2.45) is 0 Å². The maximum atomic E-state index is 13.2. The number of anilines is 1. The molecule has 0 bridgehead atoms. The van der Waals surface area contributed by atoms with Crippen molar-refractivity contribution in [1.82, 2.24) is 4.90 Å². The van der Waals surface area contributed by atoms with Crippen LogP contribution in [0.25, 0.3) is 10.8 Å². The Bertz CT molecular complexity index is 1180. The highest BCUT2D eigenvalue weighted by Crippen LogP contribution is 2.51. The largest absolute Gasteiger partial charge is 0.423 e. The van der Waals surface area contributed by atoms with E-state index in [2.05, 4.69) is 36.9 Å². The van der Waals surface area contributed by atoms with E-state index in [1.54, 1.807) is 0 Å². The molecular formula is C22H16N2O2S3. The zero-order valence-electron chi connectivity index (χ0n) is 15.2. The molecule has 2 aliphatic rings. The first-order valence-electron chi connectivity index (χ1n) is 9.07. The summed E-state index contributed by atoms with van der Waals surface area (Å²) in [5, 5.41) is 3.21. The second-order valence-electron chi connectivity index (χ2n) is 6.69. The lowest BCUT2D eigenvalue weighted by molar-refractivity contribution is -0.123. The van der Waals surface area contributed by atoms with Crippen molar-refractivity contribution in [2.75, 3.05) is 10.8 Å². The summed E-state index contributed by atoms with van der Waals surface area (Å²) >= 11 is 11.4. The molecular weight excluding hydrogens is 420 g/mol. The Morgan fingerprint density at radius 1 is 0.966 bits per heavy atom. The number of hydrogen-bond donors (Lipinski definition) is 1. The van der Waals surface area contributed by atoms with Gasteiger partial charge in [0.1, 0.15) is 5.03 Å². The molecule has 0 N–H and O–H groups in total. The van der Waals surface area contributed by atoms with Gasteiger partial charge in [-0.25, -0.2) is 0 Å². The van der Waals surface area contributed by atoms with Crippen LogP contribution in [0.5, 0.6) is 0 Å². The summed E-state index contributed by atoms with van der Waals surface area (Å²) in [7, 11) is 0. The maximum absolute atomic E-state index is 13.2. The minimum atomic E-state index is -0.217. The van der Waals surface area contributed by atoms with E-state index in [9.17, 15) is 4.79 Å². The third-order valence-electron chi connectivity index (χ3n) is 4.96. The Labute approximate surface area is 183 Å². The van der Waals surface area contributed by atoms with E-state index >= 15 is 0 Å². The number of thioether (sulfide) groups is 1. The number of benzene rings is 3. The van der Waals surface area contributed by atoms with Crippen LogP contribution in [-0.4, -0.2) is 21.9 Å². The molecule has 0 saturated carbocycles. The molecule has 0 spiro atoms. The number of rotatable bonds is 3. The van der Waals surface area contributed by atoms with E-state index in [4.69, 9.17) is 17.0 Å². The van der Waals surface area contributed by atoms with Crippen molar-refractivity contribution < 1.29 is 9.53 Å². The lowest BCUT2D eigenvalue weighted by Crippen LogP contribution is -2.28. The van der Waals surface area contributed by atoms with Gasteiger partial charge in [-0.1, -0.05) is 72.4 Å². The number of ether oxygens (including phenoxy) is 1. The summed E-state index contributed by atoms with van der Waals surface area (Å²) in [6, 6.07) is 22.1. The number of nitrogens with zero attached hydrogens (tertiary/aromatic N) is 2. The molecule has 0 atom stereocenters. The van der Waals surface area contributed by atoms with Crippen molar-refractivity contribution >= 4 is 64.2 Å². The highest BCUT2D eigenvalue weighted by atomic mass is 32.2. The van der Waals surface area contributed by atoms with E-state index in [-0.39, 0.29) is 16.8 Å². The van der Waals surface area contributed by atoms with Crippen LogP contribution in [-0.2, 0) is 16.1 Å². The lowest BCUT2D eigenvalue weighted by Gasteiger charge is -2.18. The van der Waals surface area contributed by atoms with Crippen molar-refractivity contribution in [2.45, 2.75) is 11.4 Å². The number of amides is 1. The highest BCUT2D eigenvalue weighted by molar-refractivity contribution is 8.04. The Kier molecular flexibility index (Phi) is 4.73. The third-order valence-corrected chi connectivity index (χ3v) is 6.78. The molecule has 1 fully saturated rings. The van der Waals surface area contributed by atoms with Crippen LogP contribution in [0.3, 0.4) is 0 Å². The van der Waals surface area contributed by atoms with E-state index in [0.717, 1.165) is 31.9 Å². The molecule has 1 saturated heterocycles. The molecule has 1 amide bonds. The Morgan fingerprint density at radius 2 is 1.72 bits per heavy atom. The minimum Gasteiger partial charge on any atom is -0.423 e. The first-order chi connectivity index (χ1) is 14.2. The molecule has 0 aromatic heterocycles. The predicted molar refractivity (Wildman–Crippen MR) is 124 cm³/mol. The van der Waals surface area contributed by atoms with Gasteiger partial charge in [-0.15, -0.1) is 0 Å². The molecule has 0 aliphatic carbocycles. The van der Waals surface area contributed by atoms with Gasteiger partial charge >= 0.3 is 0 Å². The SMILES string of the molecule is O=C1/C(=C2\Sc3c(ccc4ccccc34)N2CS)OC(=S)N1Cc1ccccc1. The number of carbonyl (C=O) groups is 1. The van der Waals surface area contributed by atoms with Crippen LogP contribution in [0.2, 0.25) is 0 Å². The van der Waals surface area contributed by atoms with Crippen molar-refractivity contribution in [1.29, 1.82) is 0 Å². The fourth-order valence-electron chi connectivity index (χ4n) is 3.55. The number of fused-ring (bicyclic) bond motifs is 3. The molecule has 3 aromatic rings. The van der Waals surface area contributed by atoms with Crippen LogP contribution in [0, 0.1) is 0 Å². The van der Waals surface area contributed by atoms with Gasteiger partial charge in [0.2, 0.25) is 5.76 Å². The van der Waals surface area contributed by atoms with Crippen molar-refractivity contribution in [3.05, 3.63) is 83.1 Å². The highest BCUT2D eigenvalue weighted by Gasteiger charge is 2.40. The quantitative estimate of drug-likeness (QED) is 0.349. The van der Waals surface area contributed by atoms with Crippen molar-refractivity contribution in [3.8, 4) is 0 Å². The zero-order chi connectivity index (χ0) is 20.0. The first kappa shape index (κ1) is 18.5. The molecule has 2 aliphatic heterocycles. The fourth-order valence-corrected chi connectivity index (χ4v) is 5.44. The van der Waals surface area contributed by atoms with Crippen LogP contribution < -0.4 is 4.90 Å². The van der Waals surface area contributed by atoms with Crippen LogP contribution in [0.15, 0.2) is 82.4 Å². The summed E-state index contributed by atoms with van der Waals surface area (Å²) < 4.78 is 5.81. The number of thiocarbonyl (C=S) groups is 1. The molecule has 5 rings (SSSR count). The molecule has 0 radical (unpaired) electrons. The van der Waals surface area contributed by atoms with Crippen LogP contribution in [0.1, 0.15) is 5.56 Å². The standard InChI is InChI=1S/C22H16N2O2S3/c25-20-18(26-22(28)23(20)12-14-6-2-1-3-7-14)21-24(13-27)17-11-10-15-8-4-5-9-16(15)19(17)29-21/h1-11,27H,12-13H2/b21-18+. The molecule has 4 nitrogen and oxygen atoms in total. The molecule has 29 heavy (non-hydrogen) atoms. The zero-order valence-corrected chi connectivity index (χ0v) is 17.8. The van der Waals surface area contributed by atoms with Gasteiger partial charge in [0.25, 0.3) is 11.1 Å². The van der Waals surface area contributed by atoms with Crippen LogP contribution in [0.4, 0.5) is 5.69 Å². The monoisotopic (exact) mass is 436 g/mol. The third kappa shape index (κ3) is 3.10. The average Bonchev–Trinajstić information content (AvgIpc) is 3.26. The summed E-state index contributed by atoms with van der Waals surface area (Å²) in [4.78, 5) is 17.8. The van der Waals surface area contributed by atoms with Gasteiger partial charge in [0.05, 0.1) is 18.1 Å². The first-order valence-corrected chi connectivity index (χ1v) is 10.9. The summed E-state index contributed by atoms with van der Waals surface area (Å²) in [6.45, 7) is 0.386. The summed E-state index contributed by atoms with van der Waals surface area (Å²) in [5.74, 6) is 0.481. The second kappa shape index (κ2) is 7.40. The summed E-state index contributed by atoms with van der Waals surface area (Å²) in [5.41, 5.74) is 2.02. The van der Waals surface area contributed by atoms with Gasteiger partial charge in [0, 0.05) is 4.90 Å². The van der Waals surface area contributed by atoms with Crippen molar-refractivity contribution in [3.63, 3.8) is 0 Å². The molecule has 3 aromatic carbocycles. The maximum Gasteiger partial charge on any atom is 0.300 e. The average molecular weight is 437 g/mol. The van der Waals surface area contributed by atoms with E-state index in [1.807, 2.05) is 47.4 Å². The summed E-state index contributed by atoms with van der Waals surface area (Å²) in [6.07, 6.45) is 0. The van der Waals surface area contributed by atoms with Gasteiger partial charge < -0.3 is 9.64 Å². The van der Waals surface area contributed by atoms with E-state index in [0.29, 0.717) is 12.4 Å². The topological polar surface area (TPSA) is 32.8 Å². The Balaban J connectivity index is 1.54. The Hall–Kier alpha value is -2.48.